The van der Waals surface area contributed by atoms with Gasteiger partial charge < -0.3 is 15.6 Å². The van der Waals surface area contributed by atoms with Crippen LogP contribution in [0.25, 0.3) is 11.2 Å². The zero-order chi connectivity index (χ0) is 18.1. The molecule has 0 unspecified atom stereocenters. The number of hydrogen-bond acceptors (Lipinski definition) is 5. The van der Waals surface area contributed by atoms with E-state index in [1.54, 1.807) is 0 Å². The highest BCUT2D eigenvalue weighted by molar-refractivity contribution is 5.78. The summed E-state index contributed by atoms with van der Waals surface area (Å²) < 4.78 is 3.73. The second kappa shape index (κ2) is 6.60. The third-order valence-electron chi connectivity index (χ3n) is 4.58. The van der Waals surface area contributed by atoms with Gasteiger partial charge in [-0.05, 0) is 12.8 Å². The van der Waals surface area contributed by atoms with Crippen molar-refractivity contribution >= 4 is 17.1 Å². The number of nitrogens with two attached hydrogens (primary N) is 1. The van der Waals surface area contributed by atoms with Crippen LogP contribution in [0.15, 0.2) is 15.9 Å². The van der Waals surface area contributed by atoms with E-state index in [2.05, 4.69) is 10.3 Å². The molecular formula is C15H24N6O3. The van der Waals surface area contributed by atoms with E-state index in [0.717, 1.165) is 17.4 Å². The van der Waals surface area contributed by atoms with Crippen molar-refractivity contribution in [2.45, 2.75) is 38.8 Å². The average molecular weight is 336 g/mol. The molecule has 0 fully saturated rings. The van der Waals surface area contributed by atoms with Gasteiger partial charge in [0.1, 0.15) is 6.54 Å². The molecule has 0 radical (unpaired) electrons. The van der Waals surface area contributed by atoms with Crippen molar-refractivity contribution in [3.8, 4) is 0 Å². The van der Waals surface area contributed by atoms with Crippen molar-refractivity contribution in [1.82, 2.24) is 24.0 Å². The molecule has 0 atom stereocenters. The summed E-state index contributed by atoms with van der Waals surface area (Å²) >= 11 is 0. The molecule has 132 valence electrons. The van der Waals surface area contributed by atoms with Crippen LogP contribution in [0.5, 0.6) is 0 Å². The van der Waals surface area contributed by atoms with Gasteiger partial charge >= 0.3 is 5.69 Å². The van der Waals surface area contributed by atoms with Gasteiger partial charge in [0.25, 0.3) is 5.56 Å². The highest BCUT2D eigenvalue weighted by Gasteiger charge is 2.21. The molecule has 0 spiro atoms. The molecule has 2 aromatic rings. The average Bonchev–Trinajstić information content (AvgIpc) is 2.99. The summed E-state index contributed by atoms with van der Waals surface area (Å²) in [5, 5.41) is 2.80. The Kier molecular flexibility index (Phi) is 4.93. The molecular weight excluding hydrogens is 312 g/mol. The molecule has 0 aliphatic rings. The number of nitrogens with one attached hydrogen (secondary N) is 1. The van der Waals surface area contributed by atoms with Crippen LogP contribution in [0.4, 0.5) is 0 Å². The number of rotatable bonds is 6. The van der Waals surface area contributed by atoms with E-state index in [-0.39, 0.29) is 23.6 Å². The first-order valence-corrected chi connectivity index (χ1v) is 7.90. The number of aryl methyl sites for hydroxylation is 1. The van der Waals surface area contributed by atoms with E-state index in [1.165, 1.54) is 29.6 Å². The molecule has 0 bridgehead atoms. The molecule has 2 rings (SSSR count). The number of aromatic nitrogens is 4. The lowest BCUT2D eigenvalue weighted by Gasteiger charge is -2.26. The number of amides is 1. The van der Waals surface area contributed by atoms with Gasteiger partial charge in [-0.15, -0.1) is 0 Å². The molecule has 2 heterocycles. The molecule has 1 amide bonds. The number of fused-ring (bicyclic) bond motifs is 1. The Morgan fingerprint density at radius 2 is 1.88 bits per heavy atom. The van der Waals surface area contributed by atoms with Crippen LogP contribution in [0.2, 0.25) is 0 Å². The summed E-state index contributed by atoms with van der Waals surface area (Å²) in [6.45, 7) is 4.25. The smallest absolute Gasteiger partial charge is 0.332 e. The third-order valence-corrected chi connectivity index (χ3v) is 4.58. The molecule has 9 heteroatoms. The van der Waals surface area contributed by atoms with Crippen LogP contribution in [-0.4, -0.2) is 36.7 Å². The predicted octanol–water partition coefficient (Wildman–Crippen LogP) is -0.933. The summed E-state index contributed by atoms with van der Waals surface area (Å²) in [7, 11) is 2.93. The van der Waals surface area contributed by atoms with Crippen molar-refractivity contribution < 1.29 is 4.79 Å². The first-order valence-electron chi connectivity index (χ1n) is 7.90. The largest absolute Gasteiger partial charge is 0.353 e. The number of hydrogen-bond donors (Lipinski definition) is 2. The maximum atomic E-state index is 12.3. The Balaban J connectivity index is 2.27. The molecule has 24 heavy (non-hydrogen) atoms. The Hall–Kier alpha value is -2.42. The van der Waals surface area contributed by atoms with Crippen molar-refractivity contribution in [2.75, 3.05) is 6.54 Å². The quantitative estimate of drug-likeness (QED) is 0.706. The fraction of sp³-hybridized carbons (Fsp3) is 0.600. The van der Waals surface area contributed by atoms with Crippen molar-refractivity contribution in [3.05, 3.63) is 27.2 Å². The van der Waals surface area contributed by atoms with E-state index in [9.17, 15) is 14.4 Å². The van der Waals surface area contributed by atoms with Crippen molar-refractivity contribution in [3.63, 3.8) is 0 Å². The fourth-order valence-electron chi connectivity index (χ4n) is 2.50. The van der Waals surface area contributed by atoms with Gasteiger partial charge in [0.05, 0.1) is 6.33 Å². The molecule has 0 aromatic carbocycles. The van der Waals surface area contributed by atoms with E-state index in [4.69, 9.17) is 5.73 Å². The summed E-state index contributed by atoms with van der Waals surface area (Å²) in [6.07, 6.45) is 2.89. The predicted molar refractivity (Wildman–Crippen MR) is 90.7 cm³/mol. The first-order chi connectivity index (χ1) is 11.2. The molecule has 3 N–H and O–H groups in total. The second-order valence-corrected chi connectivity index (χ2v) is 6.10. The Labute approximate surface area is 139 Å². The van der Waals surface area contributed by atoms with Crippen LogP contribution in [0, 0.1) is 0 Å². The summed E-state index contributed by atoms with van der Waals surface area (Å²) in [5.74, 6) is -0.262. The molecule has 9 nitrogen and oxygen atoms in total. The van der Waals surface area contributed by atoms with E-state index >= 15 is 0 Å². The standard InChI is InChI=1S/C15H24N6O3/c1-5-15(16,6-2)8-17-10(22)7-21-9-18-12-11(21)13(23)20(4)14(24)19(12)3/h9H,5-8,16H2,1-4H3,(H,17,22). The first kappa shape index (κ1) is 17.9. The normalized spacial score (nSPS) is 11.9. The Morgan fingerprint density at radius 3 is 2.46 bits per heavy atom. The van der Waals surface area contributed by atoms with Gasteiger partial charge in [-0.3, -0.25) is 18.7 Å². The minimum Gasteiger partial charge on any atom is -0.353 e. The van der Waals surface area contributed by atoms with Gasteiger partial charge in [-0.2, -0.15) is 0 Å². The SMILES string of the molecule is CCC(N)(CC)CNC(=O)Cn1cnc2c1c(=O)n(C)c(=O)n2C. The van der Waals surface area contributed by atoms with Crippen LogP contribution >= 0.6 is 0 Å². The van der Waals surface area contributed by atoms with Crippen molar-refractivity contribution in [2.24, 2.45) is 19.8 Å². The summed E-state index contributed by atoms with van der Waals surface area (Å²) in [6, 6.07) is 0. The van der Waals surface area contributed by atoms with Gasteiger partial charge in [0.2, 0.25) is 5.91 Å². The van der Waals surface area contributed by atoms with E-state index in [1.807, 2.05) is 13.8 Å². The Morgan fingerprint density at radius 1 is 1.25 bits per heavy atom. The third kappa shape index (κ3) is 3.12. The van der Waals surface area contributed by atoms with Crippen LogP contribution in [0.1, 0.15) is 26.7 Å². The van der Waals surface area contributed by atoms with Gasteiger partial charge in [-0.25, -0.2) is 9.78 Å². The second-order valence-electron chi connectivity index (χ2n) is 6.10. The lowest BCUT2D eigenvalue weighted by atomic mass is 9.94. The van der Waals surface area contributed by atoms with Gasteiger partial charge in [0.15, 0.2) is 11.2 Å². The number of imidazole rings is 1. The zero-order valence-corrected chi connectivity index (χ0v) is 14.5. The number of nitrogens with zero attached hydrogens (tertiary/aromatic N) is 4. The molecule has 0 saturated heterocycles. The molecule has 2 aromatic heterocycles. The molecule has 0 aliphatic carbocycles. The summed E-state index contributed by atoms with van der Waals surface area (Å²) in [4.78, 5) is 40.5. The zero-order valence-electron chi connectivity index (χ0n) is 14.5. The van der Waals surface area contributed by atoms with E-state index < -0.39 is 16.8 Å². The topological polar surface area (TPSA) is 117 Å². The van der Waals surface area contributed by atoms with Crippen molar-refractivity contribution in [1.29, 1.82) is 0 Å². The molecule has 0 aliphatic heterocycles. The maximum absolute atomic E-state index is 12.3. The Bertz CT molecular complexity index is 872. The van der Waals surface area contributed by atoms with Crippen LogP contribution in [-0.2, 0) is 25.4 Å². The summed E-state index contributed by atoms with van der Waals surface area (Å²) in [5.41, 5.74) is 5.27. The van der Waals surface area contributed by atoms with Gasteiger partial charge in [-0.1, -0.05) is 13.8 Å². The highest BCUT2D eigenvalue weighted by Crippen LogP contribution is 2.09. The minimum atomic E-state index is -0.478. The van der Waals surface area contributed by atoms with Gasteiger partial charge in [0, 0.05) is 26.2 Å². The lowest BCUT2D eigenvalue weighted by molar-refractivity contribution is -0.121. The monoisotopic (exact) mass is 336 g/mol. The van der Waals surface area contributed by atoms with Crippen LogP contribution < -0.4 is 22.3 Å². The number of carbonyl (C=O) groups is 1. The lowest BCUT2D eigenvalue weighted by Crippen LogP contribution is -2.49. The highest BCUT2D eigenvalue weighted by atomic mass is 16.2. The molecule has 0 saturated carbocycles. The maximum Gasteiger partial charge on any atom is 0.332 e. The van der Waals surface area contributed by atoms with E-state index in [0.29, 0.717) is 6.54 Å². The van der Waals surface area contributed by atoms with Crippen LogP contribution in [0.3, 0.4) is 0 Å². The number of carbonyl (C=O) groups excluding carboxylic acids is 1. The fourth-order valence-corrected chi connectivity index (χ4v) is 2.50. The minimum absolute atomic E-state index is 0.0621.